The van der Waals surface area contributed by atoms with E-state index in [1.807, 2.05) is 0 Å². The van der Waals surface area contributed by atoms with Crippen LogP contribution in [0.25, 0.3) is 0 Å². The van der Waals surface area contributed by atoms with Gasteiger partial charge >= 0.3 is 0 Å². The summed E-state index contributed by atoms with van der Waals surface area (Å²) in [6, 6.07) is 9.20. The lowest BCUT2D eigenvalue weighted by molar-refractivity contribution is 0.174. The number of nitrogens with zero attached hydrogens (tertiary/aromatic N) is 2. The highest BCUT2D eigenvalue weighted by atomic mass is 32.2. The number of pyridine rings is 1. The molecule has 0 saturated heterocycles. The molecule has 0 saturated carbocycles. The average molecular weight is 303 g/mol. The van der Waals surface area contributed by atoms with Crippen molar-refractivity contribution >= 4 is 15.7 Å². The molecule has 0 radical (unpaired) electrons. The molecule has 106 valence electrons. The fraction of sp³-hybridized carbons (Fsp3) is 0.0769. The van der Waals surface area contributed by atoms with Crippen LogP contribution >= 0.6 is 0 Å². The molecule has 0 atom stereocenters. The number of nitrogens with one attached hydrogen (secondary N) is 1. The number of hydrogen-bond acceptors (Lipinski definition) is 6. The van der Waals surface area contributed by atoms with Gasteiger partial charge in [0.25, 0.3) is 10.0 Å². The number of rotatable bonds is 3. The second-order valence-electron chi connectivity index (χ2n) is 4.14. The van der Waals surface area contributed by atoms with Crippen LogP contribution < -0.4 is 14.2 Å². The molecular weight excluding hydrogens is 294 g/mol. The van der Waals surface area contributed by atoms with E-state index in [1.54, 1.807) is 18.2 Å². The molecule has 8 heteroatoms. The van der Waals surface area contributed by atoms with E-state index in [9.17, 15) is 8.42 Å². The molecule has 0 spiro atoms. The Morgan fingerprint density at radius 3 is 2.86 bits per heavy atom. The third-order valence-corrected chi connectivity index (χ3v) is 4.20. The van der Waals surface area contributed by atoms with E-state index in [0.717, 1.165) is 0 Å². The number of nitriles is 1. The molecular formula is C13H9N3O4S. The molecule has 0 amide bonds. The van der Waals surface area contributed by atoms with Gasteiger partial charge in [-0.1, -0.05) is 0 Å². The smallest absolute Gasteiger partial charge is 0.264 e. The highest BCUT2D eigenvalue weighted by Gasteiger charge is 2.21. The Balaban J connectivity index is 1.95. The Bertz CT molecular complexity index is 843. The zero-order valence-corrected chi connectivity index (χ0v) is 11.4. The van der Waals surface area contributed by atoms with Gasteiger partial charge in [-0.3, -0.25) is 4.72 Å². The highest BCUT2D eigenvalue weighted by molar-refractivity contribution is 7.92. The molecule has 1 aromatic carbocycles. The summed E-state index contributed by atoms with van der Waals surface area (Å²) in [4.78, 5) is 3.56. The lowest BCUT2D eigenvalue weighted by Gasteiger charge is -2.09. The molecule has 0 fully saturated rings. The number of ether oxygens (including phenoxy) is 2. The van der Waals surface area contributed by atoms with E-state index >= 15 is 0 Å². The number of benzene rings is 1. The Morgan fingerprint density at radius 1 is 1.24 bits per heavy atom. The van der Waals surface area contributed by atoms with E-state index in [1.165, 1.54) is 24.4 Å². The number of fused-ring (bicyclic) bond motifs is 1. The van der Waals surface area contributed by atoms with Gasteiger partial charge < -0.3 is 9.47 Å². The Labute approximate surface area is 120 Å². The van der Waals surface area contributed by atoms with Gasteiger partial charge in [0.2, 0.25) is 6.79 Å². The van der Waals surface area contributed by atoms with Crippen molar-refractivity contribution < 1.29 is 17.9 Å². The van der Waals surface area contributed by atoms with E-state index in [0.29, 0.717) is 17.2 Å². The fourth-order valence-corrected chi connectivity index (χ4v) is 3.02. The lowest BCUT2D eigenvalue weighted by atomic mass is 10.3. The van der Waals surface area contributed by atoms with E-state index < -0.39 is 10.0 Å². The largest absolute Gasteiger partial charge is 0.454 e. The van der Waals surface area contributed by atoms with Crippen LogP contribution in [0.5, 0.6) is 11.5 Å². The van der Waals surface area contributed by atoms with Crippen molar-refractivity contribution in [3.8, 4) is 17.6 Å². The van der Waals surface area contributed by atoms with Gasteiger partial charge in [0.15, 0.2) is 17.2 Å². The summed E-state index contributed by atoms with van der Waals surface area (Å²) in [5.74, 6) is 1.01. The summed E-state index contributed by atoms with van der Waals surface area (Å²) < 4.78 is 37.3. The first kappa shape index (κ1) is 13.2. The van der Waals surface area contributed by atoms with Crippen LogP contribution in [0.1, 0.15) is 5.69 Å². The van der Waals surface area contributed by atoms with Crippen molar-refractivity contribution in [2.75, 3.05) is 11.5 Å². The van der Waals surface area contributed by atoms with E-state index in [-0.39, 0.29) is 17.4 Å². The second kappa shape index (κ2) is 4.96. The first-order valence-electron chi connectivity index (χ1n) is 5.88. The maximum absolute atomic E-state index is 12.3. The first-order chi connectivity index (χ1) is 10.1. The van der Waals surface area contributed by atoms with Crippen molar-refractivity contribution in [1.82, 2.24) is 4.98 Å². The second-order valence-corrected chi connectivity index (χ2v) is 5.79. The van der Waals surface area contributed by atoms with E-state index in [2.05, 4.69) is 9.71 Å². The SMILES string of the molecule is N#Cc1ncccc1S(=O)(=O)Nc1ccc2c(c1)OCO2. The third-order valence-electron chi connectivity index (χ3n) is 2.79. The van der Waals surface area contributed by atoms with Gasteiger partial charge in [0, 0.05) is 12.3 Å². The van der Waals surface area contributed by atoms with Crippen molar-refractivity contribution in [3.63, 3.8) is 0 Å². The molecule has 7 nitrogen and oxygen atoms in total. The minimum Gasteiger partial charge on any atom is -0.454 e. The summed E-state index contributed by atoms with van der Waals surface area (Å²) in [5, 5.41) is 8.93. The van der Waals surface area contributed by atoms with Crippen LogP contribution in [0.4, 0.5) is 5.69 Å². The van der Waals surface area contributed by atoms with Crippen molar-refractivity contribution in [2.45, 2.75) is 4.90 Å². The van der Waals surface area contributed by atoms with Crippen LogP contribution in [0.15, 0.2) is 41.4 Å². The van der Waals surface area contributed by atoms with Crippen LogP contribution in [-0.4, -0.2) is 20.2 Å². The predicted molar refractivity (Wildman–Crippen MR) is 72.3 cm³/mol. The Hall–Kier alpha value is -2.79. The number of aromatic nitrogens is 1. The number of hydrogen-bond donors (Lipinski definition) is 1. The van der Waals surface area contributed by atoms with Gasteiger partial charge in [-0.05, 0) is 24.3 Å². The highest BCUT2D eigenvalue weighted by Crippen LogP contribution is 2.34. The fourth-order valence-electron chi connectivity index (χ4n) is 1.86. The molecule has 1 aliphatic heterocycles. The minimum absolute atomic E-state index is 0.104. The molecule has 0 unspecified atom stereocenters. The van der Waals surface area contributed by atoms with Gasteiger partial charge in [-0.2, -0.15) is 5.26 Å². The van der Waals surface area contributed by atoms with Gasteiger partial charge in [-0.15, -0.1) is 0 Å². The van der Waals surface area contributed by atoms with Crippen molar-refractivity contribution in [1.29, 1.82) is 5.26 Å². The third kappa shape index (κ3) is 2.46. The normalized spacial score (nSPS) is 12.7. The molecule has 2 heterocycles. The maximum Gasteiger partial charge on any atom is 0.264 e. The van der Waals surface area contributed by atoms with Gasteiger partial charge in [-0.25, -0.2) is 13.4 Å². The van der Waals surface area contributed by atoms with Crippen LogP contribution in [-0.2, 0) is 10.0 Å². The van der Waals surface area contributed by atoms with E-state index in [4.69, 9.17) is 14.7 Å². The summed E-state index contributed by atoms with van der Waals surface area (Å²) in [6.45, 7) is 0.104. The summed E-state index contributed by atoms with van der Waals surface area (Å²) in [7, 11) is -3.90. The Morgan fingerprint density at radius 2 is 2.05 bits per heavy atom. The zero-order chi connectivity index (χ0) is 14.9. The zero-order valence-electron chi connectivity index (χ0n) is 10.6. The van der Waals surface area contributed by atoms with Crippen LogP contribution in [0, 0.1) is 11.3 Å². The molecule has 0 bridgehead atoms. The first-order valence-corrected chi connectivity index (χ1v) is 7.36. The molecule has 1 N–H and O–H groups in total. The van der Waals surface area contributed by atoms with Crippen LogP contribution in [0.2, 0.25) is 0 Å². The number of sulfonamides is 1. The maximum atomic E-state index is 12.3. The molecule has 1 aliphatic rings. The quantitative estimate of drug-likeness (QED) is 0.921. The molecule has 21 heavy (non-hydrogen) atoms. The summed E-state index contributed by atoms with van der Waals surface area (Å²) in [6.07, 6.45) is 1.36. The Kier molecular flexibility index (Phi) is 3.12. The standard InChI is InChI=1S/C13H9N3O4S/c14-7-10-13(2-1-5-15-10)21(17,18)16-9-3-4-11-12(6-9)20-8-19-11/h1-6,16H,8H2. The predicted octanol–water partition coefficient (Wildman–Crippen LogP) is 1.48. The summed E-state index contributed by atoms with van der Waals surface area (Å²) >= 11 is 0. The van der Waals surface area contributed by atoms with Crippen molar-refractivity contribution in [3.05, 3.63) is 42.2 Å². The molecule has 3 rings (SSSR count). The van der Waals surface area contributed by atoms with Crippen molar-refractivity contribution in [2.24, 2.45) is 0 Å². The van der Waals surface area contributed by atoms with Crippen LogP contribution in [0.3, 0.4) is 0 Å². The van der Waals surface area contributed by atoms with Gasteiger partial charge in [0.1, 0.15) is 11.0 Å². The summed E-state index contributed by atoms with van der Waals surface area (Å²) in [5.41, 5.74) is 0.151. The molecule has 0 aliphatic carbocycles. The monoisotopic (exact) mass is 303 g/mol. The lowest BCUT2D eigenvalue weighted by Crippen LogP contribution is -2.14. The molecule has 2 aromatic rings. The van der Waals surface area contributed by atoms with Gasteiger partial charge in [0.05, 0.1) is 5.69 Å². The topological polar surface area (TPSA) is 101 Å². The molecule has 1 aromatic heterocycles. The average Bonchev–Trinajstić information content (AvgIpc) is 2.94. The number of anilines is 1. The minimum atomic E-state index is -3.90.